The molecule has 0 amide bonds. The fraction of sp³-hybridized carbons (Fsp3) is 0.268. The van der Waals surface area contributed by atoms with Crippen molar-refractivity contribution >= 4 is 55.0 Å². The van der Waals surface area contributed by atoms with Crippen LogP contribution in [0.5, 0.6) is 0 Å². The molecule has 396 valence electrons. The summed E-state index contributed by atoms with van der Waals surface area (Å²) in [4.78, 5) is 17.3. The van der Waals surface area contributed by atoms with Crippen LogP contribution in [-0.4, -0.2) is 24.5 Å². The lowest BCUT2D eigenvalue weighted by Crippen LogP contribution is -2.06. The summed E-state index contributed by atoms with van der Waals surface area (Å²) in [6, 6.07) is 57.1. The molecule has 0 fully saturated rings. The van der Waals surface area contributed by atoms with Crippen LogP contribution in [0.25, 0.3) is 76.7 Å². The summed E-state index contributed by atoms with van der Waals surface area (Å²) in [6.45, 7) is 28.6. The second kappa shape index (κ2) is 28.6. The molecular weight excluding hydrogens is 958 g/mol. The Kier molecular flexibility index (Phi) is 21.8. The molecule has 0 N–H and O–H groups in total. The van der Waals surface area contributed by atoms with Crippen molar-refractivity contribution in [3.63, 3.8) is 0 Å². The molecule has 3 aromatic heterocycles. The number of para-hydroxylation sites is 1. The quantitative estimate of drug-likeness (QED) is 0.166. The normalized spacial score (nSPS) is 11.0. The van der Waals surface area contributed by atoms with Gasteiger partial charge in [-0.3, -0.25) is 0 Å². The maximum Gasteiger partial charge on any atom is 0.148 e. The fourth-order valence-electron chi connectivity index (χ4n) is 10.9. The van der Waals surface area contributed by atoms with E-state index in [-0.39, 0.29) is 0 Å². The van der Waals surface area contributed by atoms with E-state index in [2.05, 4.69) is 165 Å². The summed E-state index contributed by atoms with van der Waals surface area (Å²) >= 11 is 5.47. The highest BCUT2D eigenvalue weighted by Gasteiger charge is 2.31. The van der Waals surface area contributed by atoms with Crippen molar-refractivity contribution in [2.24, 2.45) is 0 Å². The van der Waals surface area contributed by atoms with Gasteiger partial charge in [-0.15, -0.1) is 11.6 Å². The summed E-state index contributed by atoms with van der Waals surface area (Å²) in [5.41, 5.74) is 22.0. The third-order valence-corrected chi connectivity index (χ3v) is 13.8. The van der Waals surface area contributed by atoms with E-state index >= 15 is 0 Å². The van der Waals surface area contributed by atoms with E-state index in [0.29, 0.717) is 18.2 Å². The number of aromatic nitrogens is 5. The van der Waals surface area contributed by atoms with Crippen molar-refractivity contribution in [1.29, 1.82) is 0 Å². The SMILES string of the molecule is CC.CC.CC.CC.CC.CC.Cc1ccnc(CCl)n1.Cc1ccnc(Cn2c3ccccc3c3c4ccccc4c4c(c32)Cc2ccccc2-4)n1.c1ccc2c(c1)Cc1c3c(c4ccccc4c1-2)-c1ccccc1C3. The highest BCUT2D eigenvalue weighted by Crippen LogP contribution is 2.52. The standard InChI is InChI=1S/C29H21N3.C24H16.C6H7ClN2.6C2H6/c1-18-14-15-30-26(31-18)17-32-25-13-7-6-12-23(25)28-22-11-5-4-10-21(22)27-20-9-3-2-8-19(20)16-24(27)29(28)32;1-3-9-17-15(7-1)13-21-22-14-16-8-2-4-10-18(16)24(22)20-12-6-5-11-19(20)23(17)21;1-5-2-3-8-6(4-7)9-5;6*1-2/h2-15H,16-17H2,1H3;1-12H,13-14H2;2-3H,4H2,1H3;6*1-2H3. The molecular formula is C71H80ClN5. The van der Waals surface area contributed by atoms with Crippen LogP contribution >= 0.6 is 11.6 Å². The number of halogens is 1. The van der Waals surface area contributed by atoms with Crippen LogP contribution < -0.4 is 0 Å². The molecule has 0 aliphatic heterocycles. The van der Waals surface area contributed by atoms with Gasteiger partial charge in [-0.25, -0.2) is 19.9 Å². The first-order valence-electron chi connectivity index (χ1n) is 28.4. The number of alkyl halides is 1. The minimum Gasteiger partial charge on any atom is -0.332 e. The second-order valence-electron chi connectivity index (χ2n) is 17.3. The molecule has 0 saturated carbocycles. The van der Waals surface area contributed by atoms with Crippen LogP contribution in [0, 0.1) is 13.8 Å². The Bertz CT molecular complexity index is 3610. The van der Waals surface area contributed by atoms with Gasteiger partial charge in [-0.05, 0) is 133 Å². The fourth-order valence-corrected chi connectivity index (χ4v) is 11.0. The van der Waals surface area contributed by atoms with Crippen LogP contribution in [0.4, 0.5) is 0 Å². The van der Waals surface area contributed by atoms with Crippen LogP contribution in [-0.2, 0) is 31.7 Å². The van der Waals surface area contributed by atoms with Gasteiger partial charge in [0.2, 0.25) is 0 Å². The van der Waals surface area contributed by atoms with Crippen molar-refractivity contribution in [3.8, 4) is 33.4 Å². The lowest BCUT2D eigenvalue weighted by Gasteiger charge is -2.14. The molecule has 6 heteroatoms. The first-order valence-corrected chi connectivity index (χ1v) is 29.0. The molecule has 0 radical (unpaired) electrons. The summed E-state index contributed by atoms with van der Waals surface area (Å²) < 4.78 is 2.44. The predicted molar refractivity (Wildman–Crippen MR) is 336 cm³/mol. The van der Waals surface area contributed by atoms with E-state index < -0.39 is 0 Å². The molecule has 0 saturated heterocycles. The van der Waals surface area contributed by atoms with Crippen LogP contribution in [0.2, 0.25) is 0 Å². The lowest BCUT2D eigenvalue weighted by molar-refractivity contribution is 0.784. The average Bonchev–Trinajstić information content (AvgIpc) is 4.49. The van der Waals surface area contributed by atoms with Crippen molar-refractivity contribution in [3.05, 3.63) is 227 Å². The third-order valence-electron chi connectivity index (χ3n) is 13.5. The maximum absolute atomic E-state index is 5.47. The monoisotopic (exact) mass is 1040 g/mol. The molecule has 3 aliphatic carbocycles. The first-order chi connectivity index (χ1) is 38.0. The van der Waals surface area contributed by atoms with Crippen LogP contribution in [0.1, 0.15) is 140 Å². The molecule has 0 atom stereocenters. The number of rotatable bonds is 3. The van der Waals surface area contributed by atoms with E-state index in [9.17, 15) is 0 Å². The minimum absolute atomic E-state index is 0.391. The summed E-state index contributed by atoms with van der Waals surface area (Å²) in [5.74, 6) is 1.93. The molecule has 3 heterocycles. The summed E-state index contributed by atoms with van der Waals surface area (Å²) in [6.07, 6.45) is 6.68. The summed E-state index contributed by atoms with van der Waals surface area (Å²) in [5, 5.41) is 8.12. The Hall–Kier alpha value is -7.47. The van der Waals surface area contributed by atoms with Crippen LogP contribution in [0.15, 0.2) is 170 Å². The summed E-state index contributed by atoms with van der Waals surface area (Å²) in [7, 11) is 0. The van der Waals surface area contributed by atoms with Gasteiger partial charge in [0.1, 0.15) is 11.6 Å². The van der Waals surface area contributed by atoms with Gasteiger partial charge in [0.15, 0.2) is 0 Å². The molecule has 11 aromatic rings. The minimum atomic E-state index is 0.391. The van der Waals surface area contributed by atoms with Crippen molar-refractivity contribution in [1.82, 2.24) is 24.5 Å². The van der Waals surface area contributed by atoms with E-state index in [4.69, 9.17) is 16.6 Å². The Morgan fingerprint density at radius 1 is 0.390 bits per heavy atom. The third kappa shape index (κ3) is 11.8. The van der Waals surface area contributed by atoms with Crippen molar-refractivity contribution in [2.75, 3.05) is 0 Å². The number of aryl methyl sites for hydroxylation is 2. The Balaban J connectivity index is 0.000000188. The number of fused-ring (bicyclic) bond motifs is 20. The average molecular weight is 1040 g/mol. The van der Waals surface area contributed by atoms with Crippen LogP contribution in [0.3, 0.4) is 0 Å². The molecule has 77 heavy (non-hydrogen) atoms. The van der Waals surface area contributed by atoms with Gasteiger partial charge in [0.25, 0.3) is 0 Å². The van der Waals surface area contributed by atoms with Crippen molar-refractivity contribution in [2.45, 2.75) is 129 Å². The zero-order valence-electron chi connectivity index (χ0n) is 48.3. The molecule has 0 spiro atoms. The first kappa shape index (κ1) is 58.8. The molecule has 5 nitrogen and oxygen atoms in total. The number of benzene rings is 8. The zero-order valence-corrected chi connectivity index (χ0v) is 49.1. The second-order valence-corrected chi connectivity index (χ2v) is 17.6. The Morgan fingerprint density at radius 3 is 1.18 bits per heavy atom. The number of nitrogens with zero attached hydrogens (tertiary/aromatic N) is 5. The number of hydrogen-bond donors (Lipinski definition) is 0. The predicted octanol–water partition coefficient (Wildman–Crippen LogP) is 20.3. The van der Waals surface area contributed by atoms with Gasteiger partial charge < -0.3 is 4.57 Å². The van der Waals surface area contributed by atoms with E-state index in [1.54, 1.807) is 17.3 Å². The lowest BCUT2D eigenvalue weighted by atomic mass is 9.89. The van der Waals surface area contributed by atoms with E-state index in [1.165, 1.54) is 99.0 Å². The van der Waals surface area contributed by atoms with E-state index in [1.807, 2.05) is 115 Å². The van der Waals surface area contributed by atoms with Gasteiger partial charge in [-0.2, -0.15) is 0 Å². The molecule has 0 unspecified atom stereocenters. The van der Waals surface area contributed by atoms with Gasteiger partial charge in [0, 0.05) is 46.5 Å². The Morgan fingerprint density at radius 2 is 0.740 bits per heavy atom. The Labute approximate surface area is 465 Å². The molecule has 8 aromatic carbocycles. The largest absolute Gasteiger partial charge is 0.332 e. The smallest absolute Gasteiger partial charge is 0.148 e. The maximum atomic E-state index is 5.47. The van der Waals surface area contributed by atoms with Gasteiger partial charge >= 0.3 is 0 Å². The number of hydrogen-bond acceptors (Lipinski definition) is 4. The van der Waals surface area contributed by atoms with E-state index in [0.717, 1.165) is 36.5 Å². The van der Waals surface area contributed by atoms with Gasteiger partial charge in [0.05, 0.1) is 17.9 Å². The highest BCUT2D eigenvalue weighted by atomic mass is 35.5. The van der Waals surface area contributed by atoms with Gasteiger partial charge in [-0.1, -0.05) is 223 Å². The topological polar surface area (TPSA) is 56.5 Å². The molecule has 14 rings (SSSR count). The zero-order chi connectivity index (χ0) is 55.6. The molecule has 0 bridgehead atoms. The highest BCUT2D eigenvalue weighted by molar-refractivity contribution is 6.26. The molecule has 3 aliphatic rings. The van der Waals surface area contributed by atoms with Crippen molar-refractivity contribution < 1.29 is 0 Å².